The fourth-order valence-corrected chi connectivity index (χ4v) is 4.46. The number of nitriles is 1. The number of aromatic nitrogens is 2. The maximum Gasteiger partial charge on any atom is 0.157 e. The molecule has 0 saturated heterocycles. The molecule has 0 spiro atoms. The van der Waals surface area contributed by atoms with Crippen LogP contribution in [0.1, 0.15) is 17.0 Å². The number of hydrogen-bond acceptors (Lipinski definition) is 4. The van der Waals surface area contributed by atoms with Crippen molar-refractivity contribution >= 4 is 56.7 Å². The molecule has 1 aromatic heterocycles. The number of H-pyrrole nitrogens is 1. The lowest BCUT2D eigenvalue weighted by molar-refractivity contribution is 0.307. The van der Waals surface area contributed by atoms with Gasteiger partial charge in [0.1, 0.15) is 24.3 Å². The van der Waals surface area contributed by atoms with Gasteiger partial charge in [-0.05, 0) is 58.3 Å². The summed E-state index contributed by atoms with van der Waals surface area (Å²) in [7, 11) is 1.60. The second kappa shape index (κ2) is 9.71. The quantitative estimate of drug-likeness (QED) is 0.243. The van der Waals surface area contributed by atoms with Gasteiger partial charge in [-0.1, -0.05) is 59.6 Å². The van der Waals surface area contributed by atoms with Gasteiger partial charge in [0.05, 0.1) is 33.8 Å². The van der Waals surface area contributed by atoms with Crippen LogP contribution in [-0.4, -0.2) is 17.1 Å². The Morgan fingerprint density at radius 1 is 1.00 bits per heavy atom. The number of nitrogens with zero attached hydrogens (tertiary/aromatic N) is 2. The summed E-state index contributed by atoms with van der Waals surface area (Å²) < 4.78 is 11.2. The lowest BCUT2D eigenvalue weighted by atomic mass is 10.1. The van der Waals surface area contributed by atoms with Crippen molar-refractivity contribution in [3.63, 3.8) is 0 Å². The number of allylic oxidation sites excluding steroid dienone is 1. The van der Waals surface area contributed by atoms with E-state index in [4.69, 9.17) is 32.7 Å². The number of aromatic amines is 1. The number of rotatable bonds is 6. The minimum absolute atomic E-state index is 0.325. The van der Waals surface area contributed by atoms with Crippen LogP contribution in [0.2, 0.25) is 10.0 Å². The third-order valence-corrected chi connectivity index (χ3v) is 6.15. The van der Waals surface area contributed by atoms with Crippen molar-refractivity contribution in [2.45, 2.75) is 6.61 Å². The van der Waals surface area contributed by atoms with Gasteiger partial charge in [-0.15, -0.1) is 0 Å². The molecule has 5 rings (SSSR count). The lowest BCUT2D eigenvalue weighted by Gasteiger charge is -2.12. The summed E-state index contributed by atoms with van der Waals surface area (Å²) in [6.07, 6.45) is 1.68. The predicted molar refractivity (Wildman–Crippen MR) is 141 cm³/mol. The van der Waals surface area contributed by atoms with Crippen molar-refractivity contribution in [1.29, 1.82) is 5.26 Å². The van der Waals surface area contributed by atoms with Gasteiger partial charge in [-0.2, -0.15) is 5.26 Å². The van der Waals surface area contributed by atoms with E-state index in [1.807, 2.05) is 36.4 Å². The number of methoxy groups -OCH3 is 1. The Hall–Kier alpha value is -3.98. The van der Waals surface area contributed by atoms with Crippen LogP contribution >= 0.6 is 23.2 Å². The van der Waals surface area contributed by atoms with Crippen molar-refractivity contribution in [3.8, 4) is 17.6 Å². The molecule has 0 aliphatic rings. The van der Waals surface area contributed by atoms with Crippen molar-refractivity contribution < 1.29 is 9.47 Å². The van der Waals surface area contributed by atoms with E-state index in [1.165, 1.54) is 5.39 Å². The molecular formula is C28H19Cl2N3O2. The first-order valence-electron chi connectivity index (χ1n) is 10.8. The summed E-state index contributed by atoms with van der Waals surface area (Å²) in [5.41, 5.74) is 3.52. The van der Waals surface area contributed by atoms with Crippen LogP contribution < -0.4 is 9.47 Å². The Bertz CT molecular complexity index is 1610. The van der Waals surface area contributed by atoms with Gasteiger partial charge < -0.3 is 14.5 Å². The smallest absolute Gasteiger partial charge is 0.157 e. The third-order valence-electron chi connectivity index (χ3n) is 5.59. The molecule has 0 fully saturated rings. The molecule has 7 heteroatoms. The zero-order valence-electron chi connectivity index (χ0n) is 18.7. The number of fused-ring (bicyclic) bond motifs is 2. The van der Waals surface area contributed by atoms with Crippen LogP contribution in [0.5, 0.6) is 11.5 Å². The van der Waals surface area contributed by atoms with Crippen molar-refractivity contribution in [2.24, 2.45) is 0 Å². The number of ether oxygens (including phenoxy) is 2. The molecule has 0 bridgehead atoms. The summed E-state index contributed by atoms with van der Waals surface area (Å²) in [4.78, 5) is 7.67. The van der Waals surface area contributed by atoms with Crippen molar-refractivity contribution in [3.05, 3.63) is 99.8 Å². The van der Waals surface area contributed by atoms with E-state index in [-0.39, 0.29) is 0 Å². The van der Waals surface area contributed by atoms with Crippen LogP contribution in [-0.2, 0) is 6.61 Å². The first-order valence-corrected chi connectivity index (χ1v) is 11.5. The summed E-state index contributed by atoms with van der Waals surface area (Å²) in [5.74, 6) is 1.54. The fourth-order valence-electron chi connectivity index (χ4n) is 3.85. The fraction of sp³-hybridized carbons (Fsp3) is 0.0714. The molecule has 0 amide bonds. The van der Waals surface area contributed by atoms with Crippen molar-refractivity contribution in [1.82, 2.24) is 9.97 Å². The first kappa shape index (κ1) is 22.8. The first-order chi connectivity index (χ1) is 17.0. The molecule has 0 atom stereocenters. The Morgan fingerprint density at radius 2 is 1.77 bits per heavy atom. The number of hydrogen-bond donors (Lipinski definition) is 1. The third kappa shape index (κ3) is 4.81. The Labute approximate surface area is 212 Å². The molecule has 0 unspecified atom stereocenters. The minimum atomic E-state index is 0.325. The van der Waals surface area contributed by atoms with E-state index in [0.29, 0.717) is 45.1 Å². The van der Waals surface area contributed by atoms with Gasteiger partial charge >= 0.3 is 0 Å². The molecule has 35 heavy (non-hydrogen) atoms. The summed E-state index contributed by atoms with van der Waals surface area (Å²) in [6, 6.07) is 25.4. The number of imidazole rings is 1. The maximum atomic E-state index is 9.75. The average Bonchev–Trinajstić information content (AvgIpc) is 3.29. The van der Waals surface area contributed by atoms with E-state index >= 15 is 0 Å². The van der Waals surface area contributed by atoms with Crippen molar-refractivity contribution in [2.75, 3.05) is 7.11 Å². The normalized spacial score (nSPS) is 11.5. The Balaban J connectivity index is 1.39. The predicted octanol–water partition coefficient (Wildman–Crippen LogP) is 7.67. The van der Waals surface area contributed by atoms with Crippen LogP contribution in [0.4, 0.5) is 0 Å². The molecule has 4 aromatic carbocycles. The molecule has 1 heterocycles. The molecular weight excluding hydrogens is 481 g/mol. The van der Waals surface area contributed by atoms with Gasteiger partial charge in [0, 0.05) is 6.07 Å². The Kier molecular flexibility index (Phi) is 6.33. The molecule has 0 aliphatic heterocycles. The van der Waals surface area contributed by atoms with Gasteiger partial charge in [0.2, 0.25) is 0 Å². The minimum Gasteiger partial charge on any atom is -0.497 e. The van der Waals surface area contributed by atoms with E-state index in [0.717, 1.165) is 22.0 Å². The summed E-state index contributed by atoms with van der Waals surface area (Å²) >= 11 is 13.0. The highest BCUT2D eigenvalue weighted by atomic mass is 35.5. The van der Waals surface area contributed by atoms with Gasteiger partial charge in [0.15, 0.2) is 5.75 Å². The summed E-state index contributed by atoms with van der Waals surface area (Å²) in [5, 5.41) is 12.8. The maximum absolute atomic E-state index is 9.75. The zero-order chi connectivity index (χ0) is 24.4. The number of nitrogens with one attached hydrogen (secondary N) is 1. The van der Waals surface area contributed by atoms with Crippen LogP contribution in [0.15, 0.2) is 72.8 Å². The molecule has 5 aromatic rings. The van der Waals surface area contributed by atoms with Crippen LogP contribution in [0.3, 0.4) is 0 Å². The van der Waals surface area contributed by atoms with E-state index in [1.54, 1.807) is 25.3 Å². The van der Waals surface area contributed by atoms with Crippen LogP contribution in [0, 0.1) is 11.3 Å². The largest absolute Gasteiger partial charge is 0.497 e. The second-order valence-corrected chi connectivity index (χ2v) is 8.74. The van der Waals surface area contributed by atoms with Crippen LogP contribution in [0.25, 0.3) is 33.5 Å². The van der Waals surface area contributed by atoms with E-state index in [2.05, 4.69) is 40.3 Å². The SMILES string of the molecule is COc1ccc2nc(/C(C#N)=C\c3cc(Cl)c(OCc4ccc5ccccc5c4)c(Cl)c3)[nH]c2c1. The molecule has 0 radical (unpaired) electrons. The molecule has 0 aliphatic carbocycles. The monoisotopic (exact) mass is 499 g/mol. The number of benzene rings is 4. The molecule has 5 nitrogen and oxygen atoms in total. The van der Waals surface area contributed by atoms with Gasteiger partial charge in [0.25, 0.3) is 0 Å². The highest BCUT2D eigenvalue weighted by Gasteiger charge is 2.13. The highest BCUT2D eigenvalue weighted by Crippen LogP contribution is 2.36. The Morgan fingerprint density at radius 3 is 2.51 bits per heavy atom. The summed E-state index contributed by atoms with van der Waals surface area (Å²) in [6.45, 7) is 0.325. The number of halogens is 2. The van der Waals surface area contributed by atoms with E-state index in [9.17, 15) is 5.26 Å². The second-order valence-electron chi connectivity index (χ2n) is 7.92. The van der Waals surface area contributed by atoms with Gasteiger partial charge in [-0.3, -0.25) is 0 Å². The van der Waals surface area contributed by atoms with E-state index < -0.39 is 0 Å². The zero-order valence-corrected chi connectivity index (χ0v) is 20.2. The molecule has 1 N–H and O–H groups in total. The molecule has 172 valence electrons. The standard InChI is InChI=1S/C28H19Cl2N3O2/c1-34-22-8-9-25-26(14-22)33-28(32-25)21(15-31)11-18-12-23(29)27(24(30)13-18)35-16-17-6-7-19-4-2-3-5-20(19)10-17/h2-14H,16H2,1H3,(H,32,33)/b21-11-. The highest BCUT2D eigenvalue weighted by molar-refractivity contribution is 6.37. The lowest BCUT2D eigenvalue weighted by Crippen LogP contribution is -1.97. The molecule has 0 saturated carbocycles. The van der Waals surface area contributed by atoms with Gasteiger partial charge in [-0.25, -0.2) is 4.98 Å². The topological polar surface area (TPSA) is 70.9 Å². The average molecular weight is 500 g/mol.